The molecular weight excluding hydrogens is 375 g/mol. The Morgan fingerprint density at radius 2 is 2.14 bits per heavy atom. The zero-order chi connectivity index (χ0) is 20.6. The summed E-state index contributed by atoms with van der Waals surface area (Å²) in [6.07, 6.45) is -0.538. The lowest BCUT2D eigenvalue weighted by molar-refractivity contribution is -0.128. The van der Waals surface area contributed by atoms with Gasteiger partial charge in [0.15, 0.2) is 0 Å². The highest BCUT2D eigenvalue weighted by molar-refractivity contribution is 5.99. The van der Waals surface area contributed by atoms with E-state index in [1.54, 1.807) is 11.8 Å². The van der Waals surface area contributed by atoms with E-state index in [9.17, 15) is 24.0 Å². The maximum atomic E-state index is 14.8. The predicted molar refractivity (Wildman–Crippen MR) is 95.1 cm³/mol. The lowest BCUT2D eigenvalue weighted by Crippen LogP contribution is -2.62. The van der Waals surface area contributed by atoms with Gasteiger partial charge < -0.3 is 20.1 Å². The Kier molecular flexibility index (Phi) is 5.49. The number of urea groups is 1. The molecule has 11 heteroatoms. The number of halogens is 1. The van der Waals surface area contributed by atoms with Gasteiger partial charge in [0.25, 0.3) is 0 Å². The summed E-state index contributed by atoms with van der Waals surface area (Å²) in [6, 6.07) is 0.686. The number of hydrogen-bond acceptors (Lipinski definition) is 8. The molecule has 0 spiro atoms. The fraction of sp³-hybridized carbons (Fsp3) is 0.471. The van der Waals surface area contributed by atoms with Crippen molar-refractivity contribution in [3.8, 4) is 0 Å². The van der Waals surface area contributed by atoms with Crippen molar-refractivity contribution in [3.05, 3.63) is 28.7 Å². The van der Waals surface area contributed by atoms with E-state index in [0.717, 1.165) is 6.07 Å². The van der Waals surface area contributed by atoms with Crippen molar-refractivity contribution in [2.75, 3.05) is 16.7 Å². The molecule has 0 aromatic heterocycles. The minimum atomic E-state index is -0.976. The number of morpholine rings is 1. The fourth-order valence-electron chi connectivity index (χ4n) is 4.05. The number of carbonyl (C=O) groups excluding carboxylic acids is 3. The highest BCUT2D eigenvalue weighted by atomic mass is 19.1. The number of imide groups is 2. The highest BCUT2D eigenvalue weighted by Gasteiger charge is 2.46. The summed E-state index contributed by atoms with van der Waals surface area (Å²) < 4.78 is 20.6. The quantitative estimate of drug-likeness (QED) is 0.502. The van der Waals surface area contributed by atoms with Gasteiger partial charge in [0, 0.05) is 12.6 Å². The van der Waals surface area contributed by atoms with Gasteiger partial charge in [0.1, 0.15) is 5.82 Å². The lowest BCUT2D eigenvalue weighted by atomic mass is 9.81. The van der Waals surface area contributed by atoms with E-state index in [-0.39, 0.29) is 30.3 Å². The van der Waals surface area contributed by atoms with Crippen LogP contribution >= 0.6 is 0 Å². The maximum Gasteiger partial charge on any atom is 0.327 e. The van der Waals surface area contributed by atoms with Crippen LogP contribution < -0.4 is 20.8 Å². The third-order valence-corrected chi connectivity index (χ3v) is 4.99. The number of anilines is 2. The molecule has 2 aliphatic heterocycles. The molecule has 2 heterocycles. The SMILES string of the molecule is C[C@@H]1CN2c3c(F)cc(N([O-])O)cc3C[C@@H](C(=O)NC(=O)NC=O)[C@H]2[C@H](C)O1. The number of benzene rings is 1. The summed E-state index contributed by atoms with van der Waals surface area (Å²) in [7, 11) is 0. The Morgan fingerprint density at radius 1 is 1.43 bits per heavy atom. The molecule has 1 aromatic rings. The number of carbonyl (C=O) groups is 3. The molecule has 0 unspecified atom stereocenters. The molecule has 3 rings (SSSR count). The average Bonchev–Trinajstić information content (AvgIpc) is 2.60. The van der Waals surface area contributed by atoms with Crippen molar-refractivity contribution in [1.82, 2.24) is 10.6 Å². The summed E-state index contributed by atoms with van der Waals surface area (Å²) >= 11 is 0. The number of ether oxygens (including phenoxy) is 1. The van der Waals surface area contributed by atoms with Crippen molar-refractivity contribution in [2.24, 2.45) is 5.92 Å². The van der Waals surface area contributed by atoms with Crippen LogP contribution in [-0.4, -0.2) is 48.4 Å². The number of amides is 4. The number of rotatable bonds is 3. The summed E-state index contributed by atoms with van der Waals surface area (Å²) in [5.41, 5.74) is 0.277. The first-order chi connectivity index (χ1) is 13.2. The Bertz CT molecular complexity index is 804. The molecule has 0 radical (unpaired) electrons. The largest absolute Gasteiger partial charge is 0.733 e. The normalized spacial score (nSPS) is 26.0. The predicted octanol–water partition coefficient (Wildman–Crippen LogP) is 0.656. The first kappa shape index (κ1) is 20.0. The summed E-state index contributed by atoms with van der Waals surface area (Å²) in [5.74, 6) is -2.19. The molecule has 0 aliphatic carbocycles. The first-order valence-electron chi connectivity index (χ1n) is 8.68. The van der Waals surface area contributed by atoms with E-state index in [1.807, 2.05) is 12.2 Å². The number of nitrogens with zero attached hydrogens (tertiary/aromatic N) is 2. The third kappa shape index (κ3) is 3.63. The zero-order valence-corrected chi connectivity index (χ0v) is 15.2. The molecule has 28 heavy (non-hydrogen) atoms. The Balaban J connectivity index is 2.02. The topological polar surface area (TPSA) is 134 Å². The maximum absolute atomic E-state index is 14.8. The smallest absolute Gasteiger partial charge is 0.327 e. The van der Waals surface area contributed by atoms with Crippen LogP contribution in [0.4, 0.5) is 20.6 Å². The Labute approximate surface area is 159 Å². The molecule has 4 atom stereocenters. The summed E-state index contributed by atoms with van der Waals surface area (Å²) in [5, 5.41) is 23.8. The molecular formula is C17H20FN4O6-. The van der Waals surface area contributed by atoms with E-state index < -0.39 is 41.0 Å². The number of nitrogens with one attached hydrogen (secondary N) is 2. The minimum absolute atomic E-state index is 0.0113. The number of hydrogen-bond donors (Lipinski definition) is 3. The van der Waals surface area contributed by atoms with E-state index >= 15 is 0 Å². The second-order valence-corrected chi connectivity index (χ2v) is 6.89. The van der Waals surface area contributed by atoms with Gasteiger partial charge in [0.2, 0.25) is 12.3 Å². The van der Waals surface area contributed by atoms with Crippen molar-refractivity contribution in [3.63, 3.8) is 0 Å². The van der Waals surface area contributed by atoms with E-state index in [2.05, 4.69) is 5.32 Å². The highest BCUT2D eigenvalue weighted by Crippen LogP contribution is 2.42. The molecule has 2 aliphatic rings. The molecule has 1 fully saturated rings. The van der Waals surface area contributed by atoms with Crippen LogP contribution in [0.15, 0.2) is 12.1 Å². The second kappa shape index (κ2) is 7.70. The van der Waals surface area contributed by atoms with Crippen molar-refractivity contribution >= 4 is 29.7 Å². The molecule has 3 N–H and O–H groups in total. The van der Waals surface area contributed by atoms with Gasteiger partial charge in [-0.05, 0) is 31.9 Å². The van der Waals surface area contributed by atoms with Crippen LogP contribution in [0.2, 0.25) is 0 Å². The van der Waals surface area contributed by atoms with Gasteiger partial charge in [-0.15, -0.1) is 0 Å². The summed E-state index contributed by atoms with van der Waals surface area (Å²) in [6.45, 7) is 3.86. The molecule has 1 saturated heterocycles. The average molecular weight is 395 g/mol. The van der Waals surface area contributed by atoms with Gasteiger partial charge in [-0.1, -0.05) is 0 Å². The molecule has 0 bridgehead atoms. The van der Waals surface area contributed by atoms with Crippen LogP contribution in [0.5, 0.6) is 0 Å². The summed E-state index contributed by atoms with van der Waals surface area (Å²) in [4.78, 5) is 36.3. The Morgan fingerprint density at radius 3 is 2.79 bits per heavy atom. The molecule has 0 saturated carbocycles. The van der Waals surface area contributed by atoms with Gasteiger partial charge in [-0.3, -0.25) is 25.4 Å². The van der Waals surface area contributed by atoms with E-state index in [0.29, 0.717) is 12.1 Å². The molecule has 10 nitrogen and oxygen atoms in total. The van der Waals surface area contributed by atoms with E-state index in [4.69, 9.17) is 9.94 Å². The van der Waals surface area contributed by atoms with Gasteiger partial charge >= 0.3 is 6.03 Å². The standard InChI is InChI=1S/C17H20FN4O6/c1-8-6-21-14(9(2)28-8)12(16(24)20-17(25)19-7-23)4-10-3-11(22(26)27)5-13(18)15(10)21/h3,5,7-9,12,14,26H,4,6H2,1-2H3,(H2,19,20,23,24,25)/q-1/t8-,9+,12-,14-/m1/s1. The molecule has 152 valence electrons. The van der Waals surface area contributed by atoms with Gasteiger partial charge in [-0.2, -0.15) is 0 Å². The van der Waals surface area contributed by atoms with Crippen LogP contribution in [0.3, 0.4) is 0 Å². The van der Waals surface area contributed by atoms with Crippen LogP contribution in [0.1, 0.15) is 19.4 Å². The van der Waals surface area contributed by atoms with Crippen molar-refractivity contribution in [2.45, 2.75) is 38.5 Å². The van der Waals surface area contributed by atoms with Crippen molar-refractivity contribution in [1.29, 1.82) is 0 Å². The van der Waals surface area contributed by atoms with Crippen LogP contribution in [0.25, 0.3) is 0 Å². The second-order valence-electron chi connectivity index (χ2n) is 6.89. The number of fused-ring (bicyclic) bond motifs is 3. The lowest BCUT2D eigenvalue weighted by Gasteiger charge is -2.50. The van der Waals surface area contributed by atoms with Crippen LogP contribution in [-0.2, 0) is 20.7 Å². The first-order valence-corrected chi connectivity index (χ1v) is 8.68. The molecule has 4 amide bonds. The minimum Gasteiger partial charge on any atom is -0.733 e. The zero-order valence-electron chi connectivity index (χ0n) is 15.2. The van der Waals surface area contributed by atoms with Crippen molar-refractivity contribution < 1.29 is 28.7 Å². The monoisotopic (exact) mass is 395 g/mol. The fourth-order valence-corrected chi connectivity index (χ4v) is 4.05. The Hall–Kier alpha value is -2.76. The molecule has 1 aromatic carbocycles. The van der Waals surface area contributed by atoms with Gasteiger partial charge in [-0.25, -0.2) is 9.18 Å². The van der Waals surface area contributed by atoms with Crippen LogP contribution in [0, 0.1) is 16.9 Å². The van der Waals surface area contributed by atoms with E-state index in [1.165, 1.54) is 6.07 Å². The van der Waals surface area contributed by atoms with Gasteiger partial charge in [0.05, 0.1) is 35.5 Å². The third-order valence-electron chi connectivity index (χ3n) is 4.99.